The Kier molecular flexibility index (Phi) is 4.73. The Morgan fingerprint density at radius 3 is 2.50 bits per heavy atom. The number of sulfonamides is 1. The summed E-state index contributed by atoms with van der Waals surface area (Å²) in [5.74, 6) is 0.149. The zero-order chi connectivity index (χ0) is 17.2. The maximum absolute atomic E-state index is 12.5. The number of carbonyl (C=O) groups excluding carboxylic acids is 1. The number of carbonyl (C=O) groups is 1. The van der Waals surface area contributed by atoms with Gasteiger partial charge >= 0.3 is 0 Å². The molecule has 7 heteroatoms. The minimum absolute atomic E-state index is 0.0113. The summed E-state index contributed by atoms with van der Waals surface area (Å²) in [6, 6.07) is 12.9. The van der Waals surface area contributed by atoms with Gasteiger partial charge < -0.3 is 9.32 Å². The number of hydrogen-bond acceptors (Lipinski definition) is 4. The Morgan fingerprint density at radius 1 is 1.08 bits per heavy atom. The molecule has 0 saturated carbocycles. The van der Waals surface area contributed by atoms with E-state index in [0.29, 0.717) is 19.0 Å². The molecule has 2 N–H and O–H groups in total. The third-order valence-electron chi connectivity index (χ3n) is 4.36. The number of likely N-dealkylation sites (tertiary alicyclic amines) is 1. The van der Waals surface area contributed by atoms with Gasteiger partial charge in [-0.1, -0.05) is 30.3 Å². The monoisotopic (exact) mass is 348 g/mol. The normalized spacial score (nSPS) is 19.0. The third-order valence-corrected chi connectivity index (χ3v) is 5.14. The first-order valence-corrected chi connectivity index (χ1v) is 9.46. The van der Waals surface area contributed by atoms with Crippen LogP contribution in [-0.2, 0) is 10.0 Å². The Hall–Kier alpha value is -2.12. The number of nitrogens with zero attached hydrogens (tertiary/aromatic N) is 1. The molecule has 1 fully saturated rings. The maximum atomic E-state index is 12.5. The fourth-order valence-electron chi connectivity index (χ4n) is 3.10. The molecule has 0 aliphatic carbocycles. The number of amides is 1. The summed E-state index contributed by atoms with van der Waals surface area (Å²) in [5, 5.41) is 4.62. The summed E-state index contributed by atoms with van der Waals surface area (Å²) in [5.41, 5.74) is 1.29. The molecule has 1 aromatic heterocycles. The van der Waals surface area contributed by atoms with Crippen molar-refractivity contribution in [2.45, 2.75) is 30.3 Å². The van der Waals surface area contributed by atoms with Crippen LogP contribution in [0.3, 0.4) is 0 Å². The van der Waals surface area contributed by atoms with E-state index in [1.807, 2.05) is 18.2 Å². The fourth-order valence-corrected chi connectivity index (χ4v) is 3.57. The lowest BCUT2D eigenvalue weighted by Crippen LogP contribution is -2.31. The minimum Gasteiger partial charge on any atom is -0.438 e. The average molecular weight is 348 g/mol. The molecule has 0 unspecified atom stereocenters. The van der Waals surface area contributed by atoms with Crippen LogP contribution in [0, 0.1) is 0 Å². The smallest absolute Gasteiger partial charge is 0.289 e. The summed E-state index contributed by atoms with van der Waals surface area (Å²) in [4.78, 5) is 14.2. The zero-order valence-electron chi connectivity index (χ0n) is 13.2. The fraction of sp³-hybridized carbons (Fsp3) is 0.353. The van der Waals surface area contributed by atoms with Crippen molar-refractivity contribution in [3.05, 3.63) is 53.8 Å². The molecule has 3 rings (SSSR count). The van der Waals surface area contributed by atoms with Gasteiger partial charge in [0.25, 0.3) is 15.9 Å². The molecule has 0 radical (unpaired) electrons. The molecule has 1 amide bonds. The molecule has 6 nitrogen and oxygen atoms in total. The summed E-state index contributed by atoms with van der Waals surface area (Å²) in [6.45, 7) is 1.25. The minimum atomic E-state index is -3.94. The molecule has 1 atom stereocenters. The van der Waals surface area contributed by atoms with E-state index in [1.54, 1.807) is 4.90 Å². The van der Waals surface area contributed by atoms with E-state index in [1.165, 1.54) is 17.7 Å². The van der Waals surface area contributed by atoms with E-state index in [2.05, 4.69) is 12.1 Å². The Morgan fingerprint density at radius 2 is 1.83 bits per heavy atom. The molecule has 128 valence electrons. The van der Waals surface area contributed by atoms with Crippen LogP contribution in [-0.4, -0.2) is 32.3 Å². The lowest BCUT2D eigenvalue weighted by Gasteiger charge is -2.19. The van der Waals surface area contributed by atoms with Crippen molar-refractivity contribution in [1.29, 1.82) is 0 Å². The molecular formula is C17H20N2O4S. The Balaban J connectivity index is 1.70. The van der Waals surface area contributed by atoms with E-state index < -0.39 is 10.0 Å². The van der Waals surface area contributed by atoms with Gasteiger partial charge in [0, 0.05) is 13.1 Å². The van der Waals surface area contributed by atoms with E-state index in [-0.39, 0.29) is 16.8 Å². The Bertz CT molecular complexity index is 814. The number of furan rings is 1. The molecule has 1 aromatic carbocycles. The first-order chi connectivity index (χ1) is 11.4. The summed E-state index contributed by atoms with van der Waals surface area (Å²) >= 11 is 0. The first-order valence-electron chi connectivity index (χ1n) is 7.92. The number of hydrogen-bond donors (Lipinski definition) is 1. The van der Waals surface area contributed by atoms with Crippen molar-refractivity contribution in [3.8, 4) is 0 Å². The van der Waals surface area contributed by atoms with E-state index in [0.717, 1.165) is 19.3 Å². The molecule has 24 heavy (non-hydrogen) atoms. The summed E-state index contributed by atoms with van der Waals surface area (Å²) < 4.78 is 27.6. The topological polar surface area (TPSA) is 93.6 Å². The van der Waals surface area contributed by atoms with E-state index in [9.17, 15) is 13.2 Å². The van der Waals surface area contributed by atoms with Crippen molar-refractivity contribution in [1.82, 2.24) is 4.90 Å². The number of nitrogens with two attached hydrogens (primary N) is 1. The summed E-state index contributed by atoms with van der Waals surface area (Å²) in [6.07, 6.45) is 2.79. The molecule has 1 saturated heterocycles. The highest BCUT2D eigenvalue weighted by Gasteiger charge is 2.25. The number of benzene rings is 1. The molecule has 2 heterocycles. The van der Waals surface area contributed by atoms with Gasteiger partial charge in [0.2, 0.25) is 5.09 Å². The van der Waals surface area contributed by atoms with Crippen LogP contribution < -0.4 is 5.14 Å². The van der Waals surface area contributed by atoms with Crippen molar-refractivity contribution in [2.24, 2.45) is 5.14 Å². The van der Waals surface area contributed by atoms with Crippen molar-refractivity contribution in [2.75, 3.05) is 13.1 Å². The second kappa shape index (κ2) is 6.78. The first kappa shape index (κ1) is 16.7. The average Bonchev–Trinajstić information content (AvgIpc) is 2.94. The van der Waals surface area contributed by atoms with Crippen molar-refractivity contribution < 1.29 is 17.6 Å². The summed E-state index contributed by atoms with van der Waals surface area (Å²) in [7, 11) is -3.94. The molecule has 0 spiro atoms. The number of primary sulfonamides is 1. The second-order valence-electron chi connectivity index (χ2n) is 5.99. The van der Waals surface area contributed by atoms with Crippen LogP contribution in [0.4, 0.5) is 0 Å². The third kappa shape index (κ3) is 3.68. The van der Waals surface area contributed by atoms with Crippen LogP contribution in [0.25, 0.3) is 0 Å². The zero-order valence-corrected chi connectivity index (χ0v) is 14.0. The van der Waals surface area contributed by atoms with Gasteiger partial charge in [-0.2, -0.15) is 0 Å². The van der Waals surface area contributed by atoms with Gasteiger partial charge in [0.15, 0.2) is 5.76 Å². The molecule has 1 aliphatic heterocycles. The standard InChI is InChI=1S/C17H20N2O4S/c18-24(21,22)16-9-8-15(23-16)17(20)19-11-4-7-14(10-12-19)13-5-2-1-3-6-13/h1-3,5-6,8-9,14H,4,7,10-12H2,(H2,18,21,22)/t14-/m1/s1. The number of rotatable bonds is 3. The van der Waals surface area contributed by atoms with Gasteiger partial charge in [0.1, 0.15) is 0 Å². The second-order valence-corrected chi connectivity index (χ2v) is 7.49. The van der Waals surface area contributed by atoms with Gasteiger partial charge in [-0.3, -0.25) is 4.79 Å². The predicted octanol–water partition coefficient (Wildman–Crippen LogP) is 2.34. The quantitative estimate of drug-likeness (QED) is 0.921. The highest BCUT2D eigenvalue weighted by atomic mass is 32.2. The predicted molar refractivity (Wildman–Crippen MR) is 89.0 cm³/mol. The van der Waals surface area contributed by atoms with Crippen LogP contribution in [0.15, 0.2) is 52.0 Å². The highest BCUT2D eigenvalue weighted by Crippen LogP contribution is 2.28. The van der Waals surface area contributed by atoms with E-state index in [4.69, 9.17) is 9.56 Å². The van der Waals surface area contributed by atoms with Gasteiger partial charge in [0.05, 0.1) is 0 Å². The van der Waals surface area contributed by atoms with Gasteiger partial charge in [-0.15, -0.1) is 0 Å². The van der Waals surface area contributed by atoms with Crippen LogP contribution in [0.5, 0.6) is 0 Å². The van der Waals surface area contributed by atoms with Crippen molar-refractivity contribution >= 4 is 15.9 Å². The largest absolute Gasteiger partial charge is 0.438 e. The van der Waals surface area contributed by atoms with Gasteiger partial charge in [-0.05, 0) is 42.9 Å². The van der Waals surface area contributed by atoms with Crippen LogP contribution in [0.2, 0.25) is 0 Å². The lowest BCUT2D eigenvalue weighted by molar-refractivity contribution is 0.0723. The van der Waals surface area contributed by atoms with Crippen LogP contribution in [0.1, 0.15) is 41.3 Å². The molecule has 1 aliphatic rings. The lowest BCUT2D eigenvalue weighted by atomic mass is 9.92. The maximum Gasteiger partial charge on any atom is 0.289 e. The highest BCUT2D eigenvalue weighted by molar-refractivity contribution is 7.89. The van der Waals surface area contributed by atoms with Crippen LogP contribution >= 0.6 is 0 Å². The molecule has 2 aromatic rings. The van der Waals surface area contributed by atoms with Crippen molar-refractivity contribution in [3.63, 3.8) is 0 Å². The molecular weight excluding hydrogens is 328 g/mol. The SMILES string of the molecule is NS(=O)(=O)c1ccc(C(=O)N2CCC[C@@H](c3ccccc3)CC2)o1. The van der Waals surface area contributed by atoms with E-state index >= 15 is 0 Å². The molecule has 0 bridgehead atoms. The van der Waals surface area contributed by atoms with Gasteiger partial charge in [-0.25, -0.2) is 13.6 Å². The Labute approximate surface area is 141 Å².